The fraction of sp³-hybridized carbons (Fsp3) is 0.417. The van der Waals surface area contributed by atoms with Crippen molar-refractivity contribution in [1.82, 2.24) is 15.2 Å². The summed E-state index contributed by atoms with van der Waals surface area (Å²) in [5, 5.41) is 2.06. The molecule has 0 saturated carbocycles. The van der Waals surface area contributed by atoms with E-state index in [2.05, 4.69) is 15.2 Å². The summed E-state index contributed by atoms with van der Waals surface area (Å²) in [4.78, 5) is 30.3. The molecule has 0 atom stereocenters. The SMILES string of the molecule is NC(=O)NC(=O)CN1CCN(c2ccc(N)cn2)CC1. The maximum Gasteiger partial charge on any atom is 0.318 e. The predicted octanol–water partition coefficient (Wildman–Crippen LogP) is -1.02. The molecule has 0 bridgehead atoms. The number of imide groups is 1. The summed E-state index contributed by atoms with van der Waals surface area (Å²) in [6, 6.07) is 2.87. The van der Waals surface area contributed by atoms with Crippen molar-refractivity contribution in [2.45, 2.75) is 0 Å². The maximum absolute atomic E-state index is 11.4. The largest absolute Gasteiger partial charge is 0.397 e. The summed E-state index contributed by atoms with van der Waals surface area (Å²) in [6.07, 6.45) is 1.63. The zero-order valence-corrected chi connectivity index (χ0v) is 11.1. The average molecular weight is 278 g/mol. The van der Waals surface area contributed by atoms with E-state index in [4.69, 9.17) is 11.5 Å². The van der Waals surface area contributed by atoms with Crippen LogP contribution in [0, 0.1) is 0 Å². The van der Waals surface area contributed by atoms with Crippen LogP contribution in [0.2, 0.25) is 0 Å². The molecule has 8 nitrogen and oxygen atoms in total. The molecule has 1 saturated heterocycles. The van der Waals surface area contributed by atoms with Gasteiger partial charge in [0.15, 0.2) is 0 Å². The van der Waals surface area contributed by atoms with Gasteiger partial charge in [0.25, 0.3) is 0 Å². The molecule has 2 heterocycles. The van der Waals surface area contributed by atoms with Crippen molar-refractivity contribution in [3.8, 4) is 0 Å². The van der Waals surface area contributed by atoms with Crippen molar-refractivity contribution >= 4 is 23.4 Å². The number of urea groups is 1. The number of nitrogens with two attached hydrogens (primary N) is 2. The lowest BCUT2D eigenvalue weighted by Crippen LogP contribution is -2.50. The van der Waals surface area contributed by atoms with Gasteiger partial charge in [0.1, 0.15) is 5.82 Å². The Kier molecular flexibility index (Phi) is 4.36. The van der Waals surface area contributed by atoms with Crippen molar-refractivity contribution in [3.05, 3.63) is 18.3 Å². The first-order valence-corrected chi connectivity index (χ1v) is 6.33. The fourth-order valence-corrected chi connectivity index (χ4v) is 2.10. The van der Waals surface area contributed by atoms with Crippen LogP contribution in [0.15, 0.2) is 18.3 Å². The molecule has 1 aromatic rings. The molecule has 3 amide bonds. The summed E-state index contributed by atoms with van der Waals surface area (Å²) in [6.45, 7) is 3.14. The Morgan fingerprint density at radius 3 is 2.50 bits per heavy atom. The Balaban J connectivity index is 1.81. The number of anilines is 2. The molecule has 0 aliphatic carbocycles. The molecular weight excluding hydrogens is 260 g/mol. The van der Waals surface area contributed by atoms with Crippen molar-refractivity contribution in [2.75, 3.05) is 43.4 Å². The number of aromatic nitrogens is 1. The van der Waals surface area contributed by atoms with Crippen molar-refractivity contribution in [2.24, 2.45) is 5.73 Å². The second-order valence-corrected chi connectivity index (χ2v) is 4.63. The first-order valence-electron chi connectivity index (χ1n) is 6.33. The van der Waals surface area contributed by atoms with Crippen LogP contribution in [0.1, 0.15) is 0 Å². The molecule has 0 radical (unpaired) electrons. The first kappa shape index (κ1) is 14.1. The van der Waals surface area contributed by atoms with E-state index in [1.807, 2.05) is 17.0 Å². The number of rotatable bonds is 3. The van der Waals surface area contributed by atoms with E-state index in [0.717, 1.165) is 32.0 Å². The smallest absolute Gasteiger partial charge is 0.318 e. The van der Waals surface area contributed by atoms with E-state index in [9.17, 15) is 9.59 Å². The van der Waals surface area contributed by atoms with Gasteiger partial charge in [-0.2, -0.15) is 0 Å². The van der Waals surface area contributed by atoms with Crippen LogP contribution in [-0.2, 0) is 4.79 Å². The lowest BCUT2D eigenvalue weighted by molar-refractivity contribution is -0.121. The predicted molar refractivity (Wildman–Crippen MR) is 75.0 cm³/mol. The van der Waals surface area contributed by atoms with Gasteiger partial charge in [-0.15, -0.1) is 0 Å². The lowest BCUT2D eigenvalue weighted by Gasteiger charge is -2.34. The highest BCUT2D eigenvalue weighted by molar-refractivity contribution is 5.94. The first-order chi connectivity index (χ1) is 9.54. The fourth-order valence-electron chi connectivity index (χ4n) is 2.10. The highest BCUT2D eigenvalue weighted by Crippen LogP contribution is 2.14. The molecule has 108 valence electrons. The second-order valence-electron chi connectivity index (χ2n) is 4.63. The summed E-state index contributed by atoms with van der Waals surface area (Å²) < 4.78 is 0. The number of hydrogen-bond acceptors (Lipinski definition) is 6. The number of amides is 3. The standard InChI is InChI=1S/C12H18N6O2/c13-9-1-2-10(15-7-9)18-5-3-17(4-6-18)8-11(19)16-12(14)20/h1-2,7H,3-6,8,13H2,(H3,14,16,19,20). The summed E-state index contributed by atoms with van der Waals surface area (Å²) in [5.74, 6) is 0.497. The zero-order valence-electron chi connectivity index (χ0n) is 11.1. The Bertz CT molecular complexity index is 481. The van der Waals surface area contributed by atoms with Gasteiger partial charge in [-0.05, 0) is 12.1 Å². The highest BCUT2D eigenvalue weighted by atomic mass is 16.2. The number of pyridine rings is 1. The van der Waals surface area contributed by atoms with Gasteiger partial charge in [0.05, 0.1) is 18.4 Å². The number of primary amides is 1. The number of nitrogen functional groups attached to an aromatic ring is 1. The van der Waals surface area contributed by atoms with Crippen LogP contribution in [0.3, 0.4) is 0 Å². The number of nitrogens with zero attached hydrogens (tertiary/aromatic N) is 3. The van der Waals surface area contributed by atoms with Gasteiger partial charge < -0.3 is 16.4 Å². The third-order valence-corrected chi connectivity index (χ3v) is 3.10. The third kappa shape index (κ3) is 3.82. The van der Waals surface area contributed by atoms with Gasteiger partial charge in [0.2, 0.25) is 5.91 Å². The molecule has 2 rings (SSSR count). The molecule has 5 N–H and O–H groups in total. The third-order valence-electron chi connectivity index (χ3n) is 3.10. The number of hydrogen-bond donors (Lipinski definition) is 3. The molecule has 20 heavy (non-hydrogen) atoms. The van der Waals surface area contributed by atoms with Crippen LogP contribution in [-0.4, -0.2) is 54.5 Å². The Morgan fingerprint density at radius 1 is 1.25 bits per heavy atom. The monoisotopic (exact) mass is 278 g/mol. The van der Waals surface area contributed by atoms with Crippen LogP contribution in [0.4, 0.5) is 16.3 Å². The Labute approximate surface area is 116 Å². The minimum atomic E-state index is -0.820. The molecule has 0 unspecified atom stereocenters. The number of carbonyl (C=O) groups excluding carboxylic acids is 2. The minimum Gasteiger partial charge on any atom is -0.397 e. The topological polar surface area (TPSA) is 118 Å². The average Bonchev–Trinajstić information content (AvgIpc) is 2.39. The van der Waals surface area contributed by atoms with Gasteiger partial charge in [-0.25, -0.2) is 9.78 Å². The molecule has 1 aliphatic rings. The van der Waals surface area contributed by atoms with Gasteiger partial charge in [0, 0.05) is 26.2 Å². The van der Waals surface area contributed by atoms with E-state index in [1.54, 1.807) is 6.20 Å². The van der Waals surface area contributed by atoms with E-state index in [0.29, 0.717) is 5.69 Å². The zero-order chi connectivity index (χ0) is 14.5. The van der Waals surface area contributed by atoms with Crippen LogP contribution >= 0.6 is 0 Å². The van der Waals surface area contributed by atoms with Crippen LogP contribution in [0.5, 0.6) is 0 Å². The van der Waals surface area contributed by atoms with E-state index < -0.39 is 6.03 Å². The number of carbonyl (C=O) groups is 2. The molecule has 1 fully saturated rings. The van der Waals surface area contributed by atoms with E-state index >= 15 is 0 Å². The highest BCUT2D eigenvalue weighted by Gasteiger charge is 2.20. The van der Waals surface area contributed by atoms with Crippen molar-refractivity contribution < 1.29 is 9.59 Å². The van der Waals surface area contributed by atoms with E-state index in [1.165, 1.54) is 0 Å². The van der Waals surface area contributed by atoms with Crippen molar-refractivity contribution in [3.63, 3.8) is 0 Å². The maximum atomic E-state index is 11.4. The van der Waals surface area contributed by atoms with Gasteiger partial charge in [-0.1, -0.05) is 0 Å². The lowest BCUT2D eigenvalue weighted by atomic mass is 10.3. The molecule has 1 aromatic heterocycles. The Morgan fingerprint density at radius 2 is 1.95 bits per heavy atom. The van der Waals surface area contributed by atoms with Crippen LogP contribution in [0.25, 0.3) is 0 Å². The van der Waals surface area contributed by atoms with Gasteiger partial charge >= 0.3 is 6.03 Å². The molecule has 0 spiro atoms. The van der Waals surface area contributed by atoms with Crippen molar-refractivity contribution in [1.29, 1.82) is 0 Å². The summed E-state index contributed by atoms with van der Waals surface area (Å²) >= 11 is 0. The minimum absolute atomic E-state index is 0.173. The second kappa shape index (κ2) is 6.20. The molecule has 8 heteroatoms. The summed E-state index contributed by atoms with van der Waals surface area (Å²) in [7, 11) is 0. The number of nitrogens with one attached hydrogen (secondary N) is 1. The van der Waals surface area contributed by atoms with Gasteiger partial charge in [-0.3, -0.25) is 15.0 Å². The Hall–Kier alpha value is -2.35. The molecule has 1 aliphatic heterocycles. The molecule has 0 aromatic carbocycles. The van der Waals surface area contributed by atoms with Crippen LogP contribution < -0.4 is 21.7 Å². The van der Waals surface area contributed by atoms with E-state index in [-0.39, 0.29) is 12.5 Å². The number of piperazine rings is 1. The molecular formula is C12H18N6O2. The quantitative estimate of drug-likeness (QED) is 0.651. The summed E-state index contributed by atoms with van der Waals surface area (Å²) in [5.41, 5.74) is 11.1. The normalized spacial score (nSPS) is 15.9.